The van der Waals surface area contributed by atoms with E-state index in [9.17, 15) is 24.3 Å². The number of aromatic nitrogens is 5. The fraction of sp³-hybridized carbons (Fsp3) is 0.444. The van der Waals surface area contributed by atoms with Crippen molar-refractivity contribution >= 4 is 34.9 Å². The number of nitrogens with zero attached hydrogens (tertiary/aromatic N) is 6. The first kappa shape index (κ1) is 41.9. The fourth-order valence-electron chi connectivity index (χ4n) is 8.85. The summed E-state index contributed by atoms with van der Waals surface area (Å²) in [5.41, 5.74) is 5.98. The molecule has 2 unspecified atom stereocenters. The number of likely N-dealkylation sites (tertiary alicyclic amines) is 2. The van der Waals surface area contributed by atoms with Crippen LogP contribution in [0.3, 0.4) is 0 Å². The molecular weight excluding hydrogens is 763 g/mol. The number of methoxy groups -OCH3 is 1. The van der Waals surface area contributed by atoms with Crippen LogP contribution in [0.25, 0.3) is 44.7 Å². The Morgan fingerprint density at radius 2 is 1.30 bits per heavy atom. The van der Waals surface area contributed by atoms with Gasteiger partial charge in [-0.2, -0.15) is 0 Å². The van der Waals surface area contributed by atoms with Gasteiger partial charge < -0.3 is 34.9 Å². The first-order valence-corrected chi connectivity index (χ1v) is 20.7. The largest absolute Gasteiger partial charge is 0.465 e. The second-order valence-electron chi connectivity index (χ2n) is 16.8. The number of imidazole rings is 2. The monoisotopic (exact) mass is 817 g/mol. The van der Waals surface area contributed by atoms with Crippen LogP contribution in [-0.4, -0.2) is 107 Å². The zero-order chi connectivity index (χ0) is 43.0. The number of alkyl carbamates (subject to hydrolysis) is 1. The molecule has 7 rings (SSSR count). The lowest BCUT2D eigenvalue weighted by molar-refractivity contribution is -0.140. The molecule has 5 aromatic rings. The number of likely N-dealkylation sites (N-methyl/N-ethyl adjacent to an activating group) is 1. The van der Waals surface area contributed by atoms with Crippen molar-refractivity contribution in [3.8, 4) is 33.8 Å². The van der Waals surface area contributed by atoms with Gasteiger partial charge >= 0.3 is 12.2 Å². The third kappa shape index (κ3) is 8.17. The Kier molecular flexibility index (Phi) is 12.0. The second kappa shape index (κ2) is 17.2. The topological polar surface area (TPSA) is 190 Å². The van der Waals surface area contributed by atoms with E-state index in [-0.39, 0.29) is 47.8 Å². The van der Waals surface area contributed by atoms with Crippen LogP contribution in [0, 0.1) is 11.8 Å². The number of pyridine rings is 1. The minimum absolute atomic E-state index is 0.00629. The van der Waals surface area contributed by atoms with Crippen molar-refractivity contribution in [2.24, 2.45) is 11.8 Å². The minimum atomic E-state index is -1.13. The number of carboxylic acid groups (broad SMARTS) is 1. The van der Waals surface area contributed by atoms with Crippen molar-refractivity contribution in [3.63, 3.8) is 0 Å². The molecule has 0 bridgehead atoms. The van der Waals surface area contributed by atoms with Crippen LogP contribution in [0.4, 0.5) is 9.59 Å². The van der Waals surface area contributed by atoms with Gasteiger partial charge in [0.05, 0.1) is 36.1 Å². The first-order chi connectivity index (χ1) is 28.7. The summed E-state index contributed by atoms with van der Waals surface area (Å²) < 4.78 is 4.79. The highest BCUT2D eigenvalue weighted by atomic mass is 16.5. The molecule has 2 aromatic carbocycles. The molecule has 2 fully saturated rings. The maximum absolute atomic E-state index is 13.8. The first-order valence-electron chi connectivity index (χ1n) is 20.7. The molecule has 5 heterocycles. The molecule has 60 heavy (non-hydrogen) atoms. The molecular formula is C45H55N9O6. The van der Waals surface area contributed by atoms with Crippen LogP contribution in [-0.2, 0) is 14.3 Å². The minimum Gasteiger partial charge on any atom is -0.465 e. The van der Waals surface area contributed by atoms with Crippen LogP contribution < -0.4 is 5.32 Å². The van der Waals surface area contributed by atoms with Gasteiger partial charge in [-0.05, 0) is 80.7 Å². The predicted octanol–water partition coefficient (Wildman–Crippen LogP) is 7.80. The molecule has 0 saturated carbocycles. The van der Waals surface area contributed by atoms with E-state index in [0.717, 1.165) is 63.9 Å². The summed E-state index contributed by atoms with van der Waals surface area (Å²) in [6, 6.07) is 16.2. The maximum atomic E-state index is 13.8. The summed E-state index contributed by atoms with van der Waals surface area (Å²) >= 11 is 0. The third-order valence-electron chi connectivity index (χ3n) is 12.1. The number of carbonyl (C=O) groups is 4. The molecule has 0 radical (unpaired) electrons. The number of fused-ring (bicyclic) bond motifs is 1. The van der Waals surface area contributed by atoms with Crippen molar-refractivity contribution in [2.45, 2.75) is 103 Å². The number of benzene rings is 2. The Labute approximate surface area is 349 Å². The molecule has 3 aromatic heterocycles. The number of H-pyrrole nitrogens is 2. The Hall–Kier alpha value is -6.25. The Morgan fingerprint density at radius 3 is 1.88 bits per heavy atom. The van der Waals surface area contributed by atoms with Crippen molar-refractivity contribution in [3.05, 3.63) is 78.6 Å². The molecule has 4 N–H and O–H groups in total. The van der Waals surface area contributed by atoms with Crippen LogP contribution in [0.5, 0.6) is 0 Å². The van der Waals surface area contributed by atoms with E-state index in [4.69, 9.17) is 19.7 Å². The van der Waals surface area contributed by atoms with Crippen LogP contribution in [0.15, 0.2) is 67.0 Å². The van der Waals surface area contributed by atoms with E-state index in [1.54, 1.807) is 4.90 Å². The van der Waals surface area contributed by atoms with Crippen molar-refractivity contribution < 1.29 is 29.0 Å². The number of amides is 4. The second-order valence-corrected chi connectivity index (χ2v) is 16.8. The Morgan fingerprint density at radius 1 is 0.733 bits per heavy atom. The van der Waals surface area contributed by atoms with Crippen LogP contribution in [0.1, 0.15) is 91.0 Å². The number of rotatable bonds is 11. The summed E-state index contributed by atoms with van der Waals surface area (Å²) in [7, 11) is 2.74. The highest BCUT2D eigenvalue weighted by Gasteiger charge is 2.43. The normalized spacial score (nSPS) is 20.2. The number of ether oxygens (including phenoxy) is 1. The summed E-state index contributed by atoms with van der Waals surface area (Å²) in [5.74, 6) is 0.693. The molecule has 15 nitrogen and oxygen atoms in total. The van der Waals surface area contributed by atoms with Crippen molar-refractivity contribution in [1.82, 2.24) is 44.9 Å². The summed E-state index contributed by atoms with van der Waals surface area (Å²) in [6.45, 7) is 11.6. The number of nitrogens with one attached hydrogen (secondary N) is 3. The molecule has 0 spiro atoms. The molecule has 4 amide bonds. The standard InChI is InChI=1S/C45H55N9O6/c1-24(2)38(51-44(57)60-8)42(55)53-26(5)9-19-36(53)40-46-22-34(49-40)29-13-11-28(12-14-29)30-15-17-32-31(21-30)16-18-33(48-32)35-23-47-41(50-35)37-20-10-27(6)54(37)43(56)39(25(3)4)52(7)45(58)59/h11-18,21-27,36-39H,9-10,19-20H2,1-8H3,(H,46,49)(H,47,50)(H,51,57)(H,58,59)/t26?,27-,36?,37-,38-,39-/m0/s1. The highest BCUT2D eigenvalue weighted by Crippen LogP contribution is 2.39. The molecule has 2 aliphatic heterocycles. The molecule has 6 atom stereocenters. The third-order valence-corrected chi connectivity index (χ3v) is 12.1. The van der Waals surface area contributed by atoms with Crippen molar-refractivity contribution in [2.75, 3.05) is 14.2 Å². The zero-order valence-corrected chi connectivity index (χ0v) is 35.5. The number of aromatic amines is 2. The van der Waals surface area contributed by atoms with E-state index in [0.29, 0.717) is 23.0 Å². The van der Waals surface area contributed by atoms with Gasteiger partial charge in [-0.25, -0.2) is 24.5 Å². The highest BCUT2D eigenvalue weighted by molar-refractivity contribution is 5.88. The van der Waals surface area contributed by atoms with Gasteiger partial charge in [0, 0.05) is 42.5 Å². The lowest BCUT2D eigenvalue weighted by Gasteiger charge is -2.36. The quantitative estimate of drug-likeness (QED) is 0.103. The maximum Gasteiger partial charge on any atom is 0.407 e. The van der Waals surface area contributed by atoms with E-state index >= 15 is 0 Å². The van der Waals surface area contributed by atoms with Gasteiger partial charge in [0.1, 0.15) is 29.4 Å². The number of hydrogen-bond acceptors (Lipinski definition) is 8. The molecule has 2 saturated heterocycles. The zero-order valence-electron chi connectivity index (χ0n) is 35.5. The van der Waals surface area contributed by atoms with Gasteiger partial charge in [-0.15, -0.1) is 0 Å². The molecule has 316 valence electrons. The average Bonchev–Trinajstić information content (AvgIpc) is 4.06. The Balaban J connectivity index is 1.05. The van der Waals surface area contributed by atoms with Gasteiger partial charge in [0.2, 0.25) is 11.8 Å². The summed E-state index contributed by atoms with van der Waals surface area (Å²) in [5, 5.41) is 13.4. The SMILES string of the molecule is COC(=O)N[C@H](C(=O)N1C(C)CCC1c1nc(-c2ccc(-c3ccc4nc(-c5c[nH]c([C@@H]6CC[C@H](C)N6C(=O)[C@H](C(C)C)N(C)C(=O)O)n5)ccc4c3)cc2)c[nH]1)C(C)C. The van der Waals surface area contributed by atoms with E-state index in [1.807, 2.05) is 95.2 Å². The summed E-state index contributed by atoms with van der Waals surface area (Å²) in [6.07, 6.45) is 5.02. The predicted molar refractivity (Wildman–Crippen MR) is 227 cm³/mol. The fourth-order valence-corrected chi connectivity index (χ4v) is 8.85. The lowest BCUT2D eigenvalue weighted by Crippen LogP contribution is -2.53. The molecule has 0 aliphatic carbocycles. The average molecular weight is 818 g/mol. The van der Waals surface area contributed by atoms with Crippen LogP contribution in [0.2, 0.25) is 0 Å². The van der Waals surface area contributed by atoms with Gasteiger partial charge in [-0.3, -0.25) is 14.5 Å². The lowest BCUT2D eigenvalue weighted by atomic mass is 10.0. The smallest absolute Gasteiger partial charge is 0.407 e. The molecule has 15 heteroatoms. The van der Waals surface area contributed by atoms with Crippen molar-refractivity contribution in [1.29, 1.82) is 0 Å². The van der Waals surface area contributed by atoms with Gasteiger partial charge in [-0.1, -0.05) is 64.1 Å². The Bertz CT molecular complexity index is 2370. The van der Waals surface area contributed by atoms with E-state index in [1.165, 1.54) is 14.2 Å². The van der Waals surface area contributed by atoms with E-state index < -0.39 is 24.3 Å². The molecule has 2 aliphatic rings. The number of hydrogen-bond donors (Lipinski definition) is 4. The van der Waals surface area contributed by atoms with Gasteiger partial charge in [0.15, 0.2) is 0 Å². The van der Waals surface area contributed by atoms with Gasteiger partial charge in [0.25, 0.3) is 0 Å². The van der Waals surface area contributed by atoms with E-state index in [2.05, 4.69) is 33.5 Å². The number of carbonyl (C=O) groups excluding carboxylic acids is 3. The summed E-state index contributed by atoms with van der Waals surface area (Å²) in [4.78, 5) is 77.6. The van der Waals surface area contributed by atoms with Crippen LogP contribution >= 0.6 is 0 Å².